The van der Waals surface area contributed by atoms with E-state index >= 15 is 0 Å². The number of allylic oxidation sites excluding steroid dienone is 1. The molecular weight excluding hydrogens is 260 g/mol. The number of terminal acetylenes is 2. The Morgan fingerprint density at radius 3 is 3.05 bits per heavy atom. The van der Waals surface area contributed by atoms with Crippen LogP contribution in [0, 0.1) is 24.7 Å². The molecule has 0 amide bonds. The molecule has 4 nitrogen and oxygen atoms in total. The summed E-state index contributed by atoms with van der Waals surface area (Å²) in [6, 6.07) is 0. The number of hydrogen-bond acceptors (Lipinski definition) is 5. The van der Waals surface area contributed by atoms with Gasteiger partial charge in [-0.25, -0.2) is 4.98 Å². The zero-order valence-corrected chi connectivity index (χ0v) is 11.2. The van der Waals surface area contributed by atoms with Gasteiger partial charge in [0.1, 0.15) is 6.10 Å². The summed E-state index contributed by atoms with van der Waals surface area (Å²) in [5.41, 5.74) is 3.08. The second-order valence-corrected chi connectivity index (χ2v) is 4.84. The van der Waals surface area contributed by atoms with Crippen molar-refractivity contribution in [1.29, 1.82) is 0 Å². The Bertz CT molecular complexity index is 629. The number of oxime groups is 1. The fourth-order valence-corrected chi connectivity index (χ4v) is 2.48. The standard InChI is InChI=1S/C14H12N2O2S/c1-4-6-18-16-11-7-10(9(3)14(11)17)12-8-19-13(5-2)15-12/h1-2,8,14,17H,6-7H2,3H3. The lowest BCUT2D eigenvalue weighted by Gasteiger charge is -2.04. The first-order valence-corrected chi connectivity index (χ1v) is 6.47. The molecule has 1 aliphatic rings. The van der Waals surface area contributed by atoms with Crippen molar-refractivity contribution in [3.05, 3.63) is 21.7 Å². The molecular formula is C14H12N2O2S. The molecule has 5 heteroatoms. The van der Waals surface area contributed by atoms with Gasteiger partial charge in [0.2, 0.25) is 0 Å². The minimum Gasteiger partial charge on any atom is -0.383 e. The number of aliphatic hydroxyl groups is 1. The number of aromatic nitrogens is 1. The third-order valence-electron chi connectivity index (χ3n) is 2.83. The van der Waals surface area contributed by atoms with E-state index in [9.17, 15) is 5.11 Å². The fraction of sp³-hybridized carbons (Fsp3) is 0.286. The number of rotatable bonds is 3. The first-order chi connectivity index (χ1) is 9.17. The maximum absolute atomic E-state index is 10.1. The Balaban J connectivity index is 2.21. The molecule has 96 valence electrons. The van der Waals surface area contributed by atoms with E-state index in [4.69, 9.17) is 17.7 Å². The van der Waals surface area contributed by atoms with Crippen LogP contribution in [0.15, 0.2) is 16.1 Å². The van der Waals surface area contributed by atoms with Crippen LogP contribution in [-0.2, 0) is 4.84 Å². The second kappa shape index (κ2) is 5.71. The van der Waals surface area contributed by atoms with E-state index in [1.54, 1.807) is 0 Å². The quantitative estimate of drug-likeness (QED) is 0.517. The van der Waals surface area contributed by atoms with Crippen molar-refractivity contribution in [3.8, 4) is 24.7 Å². The predicted molar refractivity (Wildman–Crippen MR) is 75.5 cm³/mol. The van der Waals surface area contributed by atoms with E-state index in [2.05, 4.69) is 22.0 Å². The van der Waals surface area contributed by atoms with Crippen LogP contribution in [0.2, 0.25) is 0 Å². The molecule has 1 aromatic rings. The zero-order chi connectivity index (χ0) is 13.8. The van der Waals surface area contributed by atoms with Crippen LogP contribution in [0.1, 0.15) is 24.0 Å². The molecule has 0 fully saturated rings. The van der Waals surface area contributed by atoms with Gasteiger partial charge in [-0.3, -0.25) is 0 Å². The van der Waals surface area contributed by atoms with Gasteiger partial charge in [0.05, 0.1) is 11.4 Å². The number of aliphatic hydroxyl groups excluding tert-OH is 1. The summed E-state index contributed by atoms with van der Waals surface area (Å²) >= 11 is 1.40. The van der Waals surface area contributed by atoms with Crippen LogP contribution in [0.25, 0.3) is 5.57 Å². The SMILES string of the molecule is C#CCON=C1CC(c2csc(C#C)n2)=C(C)C1O. The normalized spacial score (nSPS) is 20.4. The molecule has 0 saturated heterocycles. The van der Waals surface area contributed by atoms with Gasteiger partial charge >= 0.3 is 0 Å². The smallest absolute Gasteiger partial charge is 0.177 e. The third kappa shape index (κ3) is 2.68. The average molecular weight is 272 g/mol. The van der Waals surface area contributed by atoms with Gasteiger partial charge in [0, 0.05) is 11.8 Å². The summed E-state index contributed by atoms with van der Waals surface area (Å²) in [4.78, 5) is 9.22. The fourth-order valence-electron chi connectivity index (χ4n) is 1.84. The van der Waals surface area contributed by atoms with Crippen molar-refractivity contribution in [2.75, 3.05) is 6.61 Å². The van der Waals surface area contributed by atoms with Crippen LogP contribution in [0.3, 0.4) is 0 Å². The highest BCUT2D eigenvalue weighted by Crippen LogP contribution is 2.33. The van der Waals surface area contributed by atoms with Crippen LogP contribution < -0.4 is 0 Å². The molecule has 1 N–H and O–H groups in total. The van der Waals surface area contributed by atoms with Gasteiger partial charge in [-0.1, -0.05) is 11.1 Å². The molecule has 0 radical (unpaired) electrons. The molecule has 1 atom stereocenters. The Morgan fingerprint density at radius 2 is 2.42 bits per heavy atom. The second-order valence-electron chi connectivity index (χ2n) is 3.98. The largest absolute Gasteiger partial charge is 0.383 e. The van der Waals surface area contributed by atoms with E-state index in [1.807, 2.05) is 12.3 Å². The van der Waals surface area contributed by atoms with E-state index in [0.717, 1.165) is 16.8 Å². The van der Waals surface area contributed by atoms with Crippen molar-refractivity contribution in [2.45, 2.75) is 19.4 Å². The van der Waals surface area contributed by atoms with Crippen LogP contribution >= 0.6 is 11.3 Å². The van der Waals surface area contributed by atoms with Gasteiger partial charge in [-0.05, 0) is 24.0 Å². The number of hydrogen-bond donors (Lipinski definition) is 1. The summed E-state index contributed by atoms with van der Waals surface area (Å²) in [7, 11) is 0. The Morgan fingerprint density at radius 1 is 1.63 bits per heavy atom. The molecule has 1 unspecified atom stereocenters. The third-order valence-corrected chi connectivity index (χ3v) is 3.60. The van der Waals surface area contributed by atoms with E-state index in [-0.39, 0.29) is 6.61 Å². The highest BCUT2D eigenvalue weighted by molar-refractivity contribution is 7.10. The van der Waals surface area contributed by atoms with Crippen molar-refractivity contribution in [2.24, 2.45) is 5.16 Å². The van der Waals surface area contributed by atoms with Gasteiger partial charge in [-0.2, -0.15) is 0 Å². The Hall–Kier alpha value is -2.08. The first-order valence-electron chi connectivity index (χ1n) is 5.59. The lowest BCUT2D eigenvalue weighted by Crippen LogP contribution is -2.15. The molecule has 0 spiro atoms. The van der Waals surface area contributed by atoms with Crippen molar-refractivity contribution in [1.82, 2.24) is 4.98 Å². The molecule has 0 aliphatic heterocycles. The molecule has 1 aromatic heterocycles. The maximum Gasteiger partial charge on any atom is 0.177 e. The van der Waals surface area contributed by atoms with Gasteiger partial charge in [-0.15, -0.1) is 24.2 Å². The molecule has 1 heterocycles. The van der Waals surface area contributed by atoms with Crippen LogP contribution in [0.5, 0.6) is 0 Å². The first kappa shape index (κ1) is 13.4. The lowest BCUT2D eigenvalue weighted by molar-refractivity contribution is 0.172. The predicted octanol–water partition coefficient (Wildman–Crippen LogP) is 1.67. The summed E-state index contributed by atoms with van der Waals surface area (Å²) in [5, 5.41) is 16.4. The Kier molecular flexibility index (Phi) is 4.01. The van der Waals surface area contributed by atoms with Crippen molar-refractivity contribution >= 4 is 22.6 Å². The summed E-state index contributed by atoms with van der Waals surface area (Å²) < 4.78 is 0. The maximum atomic E-state index is 10.1. The monoisotopic (exact) mass is 272 g/mol. The number of thiazole rings is 1. The minimum absolute atomic E-state index is 0.0859. The van der Waals surface area contributed by atoms with Crippen LogP contribution in [-0.4, -0.2) is 28.5 Å². The topological polar surface area (TPSA) is 54.7 Å². The summed E-state index contributed by atoms with van der Waals surface area (Å²) in [5.74, 6) is 4.81. The van der Waals surface area contributed by atoms with Crippen LogP contribution in [0.4, 0.5) is 0 Å². The van der Waals surface area contributed by atoms with Gasteiger partial charge < -0.3 is 9.94 Å². The van der Waals surface area contributed by atoms with E-state index in [0.29, 0.717) is 17.1 Å². The molecule has 0 saturated carbocycles. The minimum atomic E-state index is -0.747. The lowest BCUT2D eigenvalue weighted by atomic mass is 10.1. The molecule has 19 heavy (non-hydrogen) atoms. The summed E-state index contributed by atoms with van der Waals surface area (Å²) in [6.07, 6.45) is 10.1. The Labute approximate surface area is 115 Å². The van der Waals surface area contributed by atoms with Crippen molar-refractivity contribution in [3.63, 3.8) is 0 Å². The average Bonchev–Trinajstić information content (AvgIpc) is 2.99. The molecule has 0 bridgehead atoms. The molecule has 0 aromatic carbocycles. The van der Waals surface area contributed by atoms with Gasteiger partial charge in [0.25, 0.3) is 0 Å². The highest BCUT2D eigenvalue weighted by atomic mass is 32.1. The summed E-state index contributed by atoms with van der Waals surface area (Å²) in [6.45, 7) is 1.93. The zero-order valence-electron chi connectivity index (χ0n) is 10.4. The van der Waals surface area contributed by atoms with Gasteiger partial charge in [0.15, 0.2) is 11.6 Å². The van der Waals surface area contributed by atoms with E-state index in [1.165, 1.54) is 11.3 Å². The molecule has 2 rings (SSSR count). The highest BCUT2D eigenvalue weighted by Gasteiger charge is 2.29. The van der Waals surface area contributed by atoms with Crippen molar-refractivity contribution < 1.29 is 9.94 Å². The number of nitrogens with zero attached hydrogens (tertiary/aromatic N) is 2. The van der Waals surface area contributed by atoms with E-state index < -0.39 is 6.10 Å². The molecule has 1 aliphatic carbocycles.